The summed E-state index contributed by atoms with van der Waals surface area (Å²) in [6, 6.07) is 16.3. The molecule has 0 aliphatic heterocycles. The van der Waals surface area contributed by atoms with Crippen molar-refractivity contribution in [3.63, 3.8) is 0 Å². The predicted molar refractivity (Wildman–Crippen MR) is 166 cm³/mol. The lowest BCUT2D eigenvalue weighted by Gasteiger charge is -2.34. The molecule has 0 radical (unpaired) electrons. The molecule has 0 spiro atoms. The summed E-state index contributed by atoms with van der Waals surface area (Å²) in [6.45, 7) is 1.02. The van der Waals surface area contributed by atoms with Gasteiger partial charge in [0.25, 0.3) is 15.7 Å². The highest BCUT2D eigenvalue weighted by molar-refractivity contribution is 7.92. The van der Waals surface area contributed by atoms with Gasteiger partial charge in [0.2, 0.25) is 11.8 Å². The SMILES string of the molecule is CC[C@H](C(=O)NC1CCCC1)N(Cc1ccc(Cl)cc1Cl)C(=O)CN(c1ccc([N+](=O)[O-])cc1)S(=O)(=O)c1ccccc1. The molecular weight excluding hydrogens is 615 g/mol. The number of nitrogens with one attached hydrogen (secondary N) is 1. The molecule has 1 aliphatic rings. The molecular formula is C30H32Cl2N4O6S. The standard InChI is InChI=1S/C30H32Cl2N4O6S/c1-2-28(30(38)33-23-8-6-7-9-23)34(19-21-12-13-22(31)18-27(21)32)29(37)20-35(24-14-16-25(17-15-24)36(39)40)43(41,42)26-10-4-3-5-11-26/h3-5,10-18,23,28H,2,6-9,19-20H2,1H3,(H,33,38)/t28-/m1/s1. The minimum absolute atomic E-state index is 0.00712. The summed E-state index contributed by atoms with van der Waals surface area (Å²) < 4.78 is 28.6. The van der Waals surface area contributed by atoms with Crippen LogP contribution in [0, 0.1) is 10.1 Å². The number of non-ortho nitro benzene ring substituents is 1. The summed E-state index contributed by atoms with van der Waals surface area (Å²) in [6.07, 6.45) is 3.97. The molecule has 228 valence electrons. The second-order valence-corrected chi connectivity index (χ2v) is 13.0. The maximum absolute atomic E-state index is 14.2. The van der Waals surface area contributed by atoms with Gasteiger partial charge >= 0.3 is 0 Å². The minimum Gasteiger partial charge on any atom is -0.352 e. The van der Waals surface area contributed by atoms with Crippen LogP contribution in [0.5, 0.6) is 0 Å². The van der Waals surface area contributed by atoms with Crippen LogP contribution in [0.1, 0.15) is 44.6 Å². The van der Waals surface area contributed by atoms with Crippen molar-refractivity contribution < 1.29 is 22.9 Å². The van der Waals surface area contributed by atoms with Crippen LogP contribution in [0.25, 0.3) is 0 Å². The van der Waals surface area contributed by atoms with Gasteiger partial charge in [-0.15, -0.1) is 0 Å². The third-order valence-electron chi connectivity index (χ3n) is 7.40. The van der Waals surface area contributed by atoms with Crippen molar-refractivity contribution >= 4 is 56.4 Å². The molecule has 1 aliphatic carbocycles. The first-order valence-electron chi connectivity index (χ1n) is 13.9. The molecule has 0 unspecified atom stereocenters. The van der Waals surface area contributed by atoms with E-state index >= 15 is 0 Å². The van der Waals surface area contributed by atoms with Gasteiger partial charge in [-0.25, -0.2) is 8.42 Å². The number of carbonyl (C=O) groups excluding carboxylic acids is 2. The minimum atomic E-state index is -4.30. The number of benzene rings is 3. The number of nitro benzene ring substituents is 1. The number of nitro groups is 1. The second-order valence-electron chi connectivity index (χ2n) is 10.3. The first kappa shape index (κ1) is 32.2. The summed E-state index contributed by atoms with van der Waals surface area (Å²) >= 11 is 12.5. The van der Waals surface area contributed by atoms with Gasteiger partial charge in [0.05, 0.1) is 15.5 Å². The molecule has 0 heterocycles. The summed E-state index contributed by atoms with van der Waals surface area (Å²) in [4.78, 5) is 39.6. The third-order valence-corrected chi connectivity index (χ3v) is 9.78. The molecule has 0 saturated heterocycles. The van der Waals surface area contributed by atoms with Crippen LogP contribution in [0.15, 0.2) is 77.7 Å². The molecule has 2 amide bonds. The van der Waals surface area contributed by atoms with E-state index in [1.807, 2.05) is 0 Å². The van der Waals surface area contributed by atoms with Gasteiger partial charge in [-0.05, 0) is 61.2 Å². The van der Waals surface area contributed by atoms with Crippen LogP contribution in [0.3, 0.4) is 0 Å². The lowest BCUT2D eigenvalue weighted by Crippen LogP contribution is -2.53. The highest BCUT2D eigenvalue weighted by Crippen LogP contribution is 2.28. The number of halogens is 2. The Morgan fingerprint density at radius 1 is 1.02 bits per heavy atom. The Kier molecular flexibility index (Phi) is 10.6. The Balaban J connectivity index is 1.74. The average molecular weight is 648 g/mol. The van der Waals surface area contributed by atoms with Crippen molar-refractivity contribution in [3.05, 3.63) is 98.5 Å². The van der Waals surface area contributed by atoms with E-state index in [-0.39, 0.29) is 41.2 Å². The number of nitrogens with zero attached hydrogens (tertiary/aromatic N) is 3. The van der Waals surface area contributed by atoms with Crippen molar-refractivity contribution in [1.82, 2.24) is 10.2 Å². The van der Waals surface area contributed by atoms with Gasteiger partial charge in [0.1, 0.15) is 12.6 Å². The number of rotatable bonds is 12. The summed E-state index contributed by atoms with van der Waals surface area (Å²) in [5.74, 6) is -0.988. The van der Waals surface area contributed by atoms with Gasteiger partial charge in [-0.3, -0.25) is 24.0 Å². The number of hydrogen-bond donors (Lipinski definition) is 1. The molecule has 1 atom stereocenters. The van der Waals surface area contributed by atoms with E-state index in [1.54, 1.807) is 37.3 Å². The van der Waals surface area contributed by atoms with Gasteiger partial charge < -0.3 is 10.2 Å². The topological polar surface area (TPSA) is 130 Å². The molecule has 1 N–H and O–H groups in total. The second kappa shape index (κ2) is 14.2. The van der Waals surface area contributed by atoms with Crippen LogP contribution in [-0.2, 0) is 26.2 Å². The highest BCUT2D eigenvalue weighted by atomic mass is 35.5. The lowest BCUT2D eigenvalue weighted by atomic mass is 10.1. The molecule has 13 heteroatoms. The molecule has 43 heavy (non-hydrogen) atoms. The van der Waals surface area contributed by atoms with E-state index in [1.165, 1.54) is 47.4 Å². The maximum atomic E-state index is 14.2. The normalized spacial score (nSPS) is 14.2. The molecule has 4 rings (SSSR count). The van der Waals surface area contributed by atoms with E-state index in [0.29, 0.717) is 15.6 Å². The fourth-order valence-corrected chi connectivity index (χ4v) is 7.01. The summed E-state index contributed by atoms with van der Waals surface area (Å²) in [7, 11) is -4.30. The number of anilines is 1. The number of carbonyl (C=O) groups is 2. The van der Waals surface area contributed by atoms with Crippen LogP contribution in [0.4, 0.5) is 11.4 Å². The quantitative estimate of drug-likeness (QED) is 0.191. The van der Waals surface area contributed by atoms with Gasteiger partial charge in [-0.2, -0.15) is 0 Å². The molecule has 3 aromatic carbocycles. The van der Waals surface area contributed by atoms with Crippen molar-refractivity contribution in [2.45, 2.75) is 62.6 Å². The van der Waals surface area contributed by atoms with Gasteiger partial charge in [-0.1, -0.05) is 67.2 Å². The predicted octanol–water partition coefficient (Wildman–Crippen LogP) is 5.96. The van der Waals surface area contributed by atoms with Crippen LogP contribution in [0.2, 0.25) is 10.0 Å². The molecule has 0 bridgehead atoms. The summed E-state index contributed by atoms with van der Waals surface area (Å²) in [5.41, 5.74) is 0.343. The van der Waals surface area contributed by atoms with Crippen LogP contribution in [-0.4, -0.2) is 48.7 Å². The van der Waals surface area contributed by atoms with Gasteiger partial charge in [0, 0.05) is 34.8 Å². The fourth-order valence-electron chi connectivity index (χ4n) is 5.11. The molecule has 1 fully saturated rings. The Morgan fingerprint density at radius 2 is 1.67 bits per heavy atom. The highest BCUT2D eigenvalue weighted by Gasteiger charge is 2.35. The van der Waals surface area contributed by atoms with E-state index in [0.717, 1.165) is 30.0 Å². The van der Waals surface area contributed by atoms with E-state index < -0.39 is 33.4 Å². The molecule has 10 nitrogen and oxygen atoms in total. The number of hydrogen-bond acceptors (Lipinski definition) is 6. The first-order chi connectivity index (χ1) is 20.5. The Labute approximate surface area is 260 Å². The van der Waals surface area contributed by atoms with Crippen LogP contribution < -0.4 is 9.62 Å². The van der Waals surface area contributed by atoms with Crippen molar-refractivity contribution in [2.75, 3.05) is 10.8 Å². The van der Waals surface area contributed by atoms with Crippen molar-refractivity contribution in [3.8, 4) is 0 Å². The lowest BCUT2D eigenvalue weighted by molar-refractivity contribution is -0.384. The van der Waals surface area contributed by atoms with E-state index in [9.17, 15) is 28.1 Å². The Bertz CT molecular complexity index is 1570. The zero-order chi connectivity index (χ0) is 31.1. The maximum Gasteiger partial charge on any atom is 0.269 e. The largest absolute Gasteiger partial charge is 0.352 e. The fraction of sp³-hybridized carbons (Fsp3) is 0.333. The molecule has 1 saturated carbocycles. The van der Waals surface area contributed by atoms with E-state index in [2.05, 4.69) is 5.32 Å². The number of amides is 2. The Morgan fingerprint density at radius 3 is 2.26 bits per heavy atom. The number of sulfonamides is 1. The van der Waals surface area contributed by atoms with Crippen LogP contribution >= 0.6 is 23.2 Å². The zero-order valence-corrected chi connectivity index (χ0v) is 25.8. The van der Waals surface area contributed by atoms with Crippen molar-refractivity contribution in [1.29, 1.82) is 0 Å². The van der Waals surface area contributed by atoms with Crippen molar-refractivity contribution in [2.24, 2.45) is 0 Å². The first-order valence-corrected chi connectivity index (χ1v) is 16.1. The van der Waals surface area contributed by atoms with E-state index in [4.69, 9.17) is 23.2 Å². The average Bonchev–Trinajstić information content (AvgIpc) is 3.50. The third kappa shape index (κ3) is 7.84. The zero-order valence-electron chi connectivity index (χ0n) is 23.5. The smallest absolute Gasteiger partial charge is 0.269 e. The monoisotopic (exact) mass is 646 g/mol. The van der Waals surface area contributed by atoms with Gasteiger partial charge in [0.15, 0.2) is 0 Å². The molecule has 0 aromatic heterocycles. The molecule has 3 aromatic rings. The Hall–Kier alpha value is -3.67. The summed E-state index contributed by atoms with van der Waals surface area (Å²) in [5, 5.41) is 15.0.